The van der Waals surface area contributed by atoms with Crippen molar-refractivity contribution in [2.45, 2.75) is 6.42 Å². The van der Waals surface area contributed by atoms with Gasteiger partial charge in [-0.25, -0.2) is 0 Å². The topological polar surface area (TPSA) is 40.5 Å². The number of fused-ring (bicyclic) bond motifs is 1. The van der Waals surface area contributed by atoms with Crippen molar-refractivity contribution >= 4 is 5.97 Å². The molecule has 0 saturated carbocycles. The van der Waals surface area contributed by atoms with Crippen LogP contribution in [0.25, 0.3) is 0 Å². The molecule has 0 atom stereocenters. The zero-order chi connectivity index (χ0) is 9.97. The van der Waals surface area contributed by atoms with Crippen molar-refractivity contribution in [1.29, 1.82) is 0 Å². The summed E-state index contributed by atoms with van der Waals surface area (Å²) in [5.41, 5.74) is 1.94. The molecular formula is C11H11NO2. The number of allylic oxidation sites excluding steroid dienone is 4. The van der Waals surface area contributed by atoms with E-state index < -0.39 is 5.97 Å². The molecule has 0 aliphatic carbocycles. The molecule has 1 N–H and O–H groups in total. The van der Waals surface area contributed by atoms with E-state index in [9.17, 15) is 4.79 Å². The first-order chi connectivity index (χ1) is 6.75. The molecule has 0 aromatic heterocycles. The maximum Gasteiger partial charge on any atom is 0.307 e. The molecule has 14 heavy (non-hydrogen) atoms. The number of carboxylic acid groups (broad SMARTS) is 1. The van der Waals surface area contributed by atoms with Crippen molar-refractivity contribution in [3.8, 4) is 0 Å². The lowest BCUT2D eigenvalue weighted by Crippen LogP contribution is -2.20. The van der Waals surface area contributed by atoms with Gasteiger partial charge in [0.05, 0.1) is 6.42 Å². The molecule has 2 aliphatic rings. The van der Waals surface area contributed by atoms with Gasteiger partial charge in [-0.1, -0.05) is 12.2 Å². The van der Waals surface area contributed by atoms with E-state index in [0.717, 1.165) is 17.8 Å². The summed E-state index contributed by atoms with van der Waals surface area (Å²) in [5.74, 6) is -0.781. The van der Waals surface area contributed by atoms with Crippen LogP contribution in [0.3, 0.4) is 0 Å². The Balaban J connectivity index is 2.16. The van der Waals surface area contributed by atoms with Crippen LogP contribution in [0.15, 0.2) is 47.9 Å². The highest BCUT2D eigenvalue weighted by molar-refractivity contribution is 5.71. The monoisotopic (exact) mass is 189 g/mol. The Morgan fingerprint density at radius 2 is 2.36 bits per heavy atom. The lowest BCUT2D eigenvalue weighted by Gasteiger charge is -2.26. The summed E-state index contributed by atoms with van der Waals surface area (Å²) in [6, 6.07) is 0. The lowest BCUT2D eigenvalue weighted by molar-refractivity contribution is -0.136. The molecule has 0 bridgehead atoms. The largest absolute Gasteiger partial charge is 0.481 e. The molecule has 0 saturated heterocycles. The van der Waals surface area contributed by atoms with Crippen molar-refractivity contribution in [2.75, 3.05) is 6.54 Å². The summed E-state index contributed by atoms with van der Waals surface area (Å²) in [5, 5.41) is 8.65. The normalized spacial score (nSPS) is 18.7. The van der Waals surface area contributed by atoms with Crippen LogP contribution in [0.2, 0.25) is 0 Å². The van der Waals surface area contributed by atoms with E-state index in [1.807, 2.05) is 36.6 Å². The van der Waals surface area contributed by atoms with E-state index in [4.69, 9.17) is 5.11 Å². The molecule has 0 spiro atoms. The van der Waals surface area contributed by atoms with Crippen LogP contribution in [0.4, 0.5) is 0 Å². The Morgan fingerprint density at radius 3 is 3.14 bits per heavy atom. The van der Waals surface area contributed by atoms with E-state index in [0.29, 0.717) is 0 Å². The second-order valence-electron chi connectivity index (χ2n) is 3.27. The second-order valence-corrected chi connectivity index (χ2v) is 3.27. The fourth-order valence-corrected chi connectivity index (χ4v) is 1.55. The van der Waals surface area contributed by atoms with Gasteiger partial charge in [-0.3, -0.25) is 4.79 Å². The zero-order valence-corrected chi connectivity index (χ0v) is 7.68. The molecule has 0 radical (unpaired) electrons. The van der Waals surface area contributed by atoms with Gasteiger partial charge >= 0.3 is 5.97 Å². The highest BCUT2D eigenvalue weighted by atomic mass is 16.4. The first-order valence-corrected chi connectivity index (χ1v) is 4.50. The molecule has 0 fully saturated rings. The summed E-state index contributed by atoms with van der Waals surface area (Å²) < 4.78 is 0. The SMILES string of the molecule is O=C(O)CC1=CCN2C=CC=CC2=C1. The van der Waals surface area contributed by atoms with Gasteiger partial charge in [0.15, 0.2) is 0 Å². The van der Waals surface area contributed by atoms with Gasteiger partial charge in [0.1, 0.15) is 0 Å². The highest BCUT2D eigenvalue weighted by Crippen LogP contribution is 2.20. The molecule has 0 aromatic rings. The highest BCUT2D eigenvalue weighted by Gasteiger charge is 2.12. The Labute approximate surface area is 82.3 Å². The number of aliphatic carboxylic acids is 1. The molecular weight excluding hydrogens is 178 g/mol. The minimum Gasteiger partial charge on any atom is -0.481 e. The third-order valence-corrected chi connectivity index (χ3v) is 2.21. The van der Waals surface area contributed by atoms with Crippen molar-refractivity contribution in [3.63, 3.8) is 0 Å². The number of hydrogen-bond donors (Lipinski definition) is 1. The van der Waals surface area contributed by atoms with Crippen LogP contribution in [0.1, 0.15) is 6.42 Å². The molecule has 0 aromatic carbocycles. The van der Waals surface area contributed by atoms with E-state index in [1.54, 1.807) is 0 Å². The molecule has 3 heteroatoms. The molecule has 0 unspecified atom stereocenters. The van der Waals surface area contributed by atoms with Crippen LogP contribution < -0.4 is 0 Å². The maximum atomic E-state index is 10.5. The average Bonchev–Trinajstić information content (AvgIpc) is 2.17. The number of nitrogens with zero attached hydrogens (tertiary/aromatic N) is 1. The van der Waals surface area contributed by atoms with Gasteiger partial charge in [0.2, 0.25) is 0 Å². The summed E-state index contributed by atoms with van der Waals surface area (Å²) in [6.07, 6.45) is 11.8. The Kier molecular flexibility index (Phi) is 2.23. The van der Waals surface area contributed by atoms with E-state index in [-0.39, 0.29) is 6.42 Å². The average molecular weight is 189 g/mol. The quantitative estimate of drug-likeness (QED) is 0.718. The van der Waals surface area contributed by atoms with Crippen LogP contribution in [-0.4, -0.2) is 22.5 Å². The molecule has 2 rings (SSSR count). The van der Waals surface area contributed by atoms with Gasteiger partial charge in [-0.05, 0) is 23.8 Å². The molecule has 0 amide bonds. The van der Waals surface area contributed by atoms with Crippen molar-refractivity contribution in [1.82, 2.24) is 4.90 Å². The van der Waals surface area contributed by atoms with Gasteiger partial charge in [-0.2, -0.15) is 0 Å². The van der Waals surface area contributed by atoms with Crippen molar-refractivity contribution in [3.05, 3.63) is 47.9 Å². The summed E-state index contributed by atoms with van der Waals surface area (Å²) in [6.45, 7) is 0.759. The summed E-state index contributed by atoms with van der Waals surface area (Å²) in [7, 11) is 0. The van der Waals surface area contributed by atoms with Gasteiger partial charge < -0.3 is 10.0 Å². The zero-order valence-electron chi connectivity index (χ0n) is 7.68. The summed E-state index contributed by atoms with van der Waals surface area (Å²) in [4.78, 5) is 12.6. The molecule has 2 heterocycles. The number of carbonyl (C=O) groups is 1. The minimum atomic E-state index is -0.781. The number of hydrogen-bond acceptors (Lipinski definition) is 2. The standard InChI is InChI=1S/C11H11NO2/c13-11(14)8-9-4-6-12-5-2-1-3-10(12)7-9/h1-5,7H,6,8H2,(H,13,14). The lowest BCUT2D eigenvalue weighted by atomic mass is 10.1. The first kappa shape index (κ1) is 8.81. The second kappa shape index (κ2) is 3.54. The predicted molar refractivity (Wildman–Crippen MR) is 53.4 cm³/mol. The smallest absolute Gasteiger partial charge is 0.307 e. The Bertz CT molecular complexity index is 375. The molecule has 2 aliphatic heterocycles. The van der Waals surface area contributed by atoms with Gasteiger partial charge in [0, 0.05) is 18.4 Å². The Hall–Kier alpha value is -1.77. The molecule has 72 valence electrons. The van der Waals surface area contributed by atoms with Gasteiger partial charge in [-0.15, -0.1) is 0 Å². The Morgan fingerprint density at radius 1 is 1.50 bits per heavy atom. The summed E-state index contributed by atoms with van der Waals surface area (Å²) >= 11 is 0. The van der Waals surface area contributed by atoms with E-state index in [1.165, 1.54) is 0 Å². The third kappa shape index (κ3) is 1.76. The van der Waals surface area contributed by atoms with Gasteiger partial charge in [0.25, 0.3) is 0 Å². The van der Waals surface area contributed by atoms with Crippen molar-refractivity contribution < 1.29 is 9.90 Å². The maximum absolute atomic E-state index is 10.5. The molecule has 3 nitrogen and oxygen atoms in total. The number of rotatable bonds is 2. The fourth-order valence-electron chi connectivity index (χ4n) is 1.55. The fraction of sp³-hybridized carbons (Fsp3) is 0.182. The first-order valence-electron chi connectivity index (χ1n) is 4.50. The van der Waals surface area contributed by atoms with Crippen LogP contribution in [0.5, 0.6) is 0 Å². The van der Waals surface area contributed by atoms with E-state index >= 15 is 0 Å². The van der Waals surface area contributed by atoms with Crippen molar-refractivity contribution in [2.24, 2.45) is 0 Å². The van der Waals surface area contributed by atoms with Crippen LogP contribution in [-0.2, 0) is 4.79 Å². The predicted octanol–water partition coefficient (Wildman–Crippen LogP) is 1.67. The minimum absolute atomic E-state index is 0.106. The number of carboxylic acids is 1. The van der Waals surface area contributed by atoms with Crippen LogP contribution >= 0.6 is 0 Å². The van der Waals surface area contributed by atoms with E-state index in [2.05, 4.69) is 4.90 Å². The third-order valence-electron chi connectivity index (χ3n) is 2.21. The van der Waals surface area contributed by atoms with Crippen LogP contribution in [0, 0.1) is 0 Å².